The Morgan fingerprint density at radius 3 is 2.18 bits per heavy atom. The summed E-state index contributed by atoms with van der Waals surface area (Å²) in [6, 6.07) is 14.4. The Labute approximate surface area is 192 Å². The zero-order valence-corrected chi connectivity index (χ0v) is 19.4. The second-order valence-electron chi connectivity index (χ2n) is 9.19. The van der Waals surface area contributed by atoms with Crippen LogP contribution in [0, 0.1) is 6.92 Å². The fourth-order valence-electron chi connectivity index (χ4n) is 3.93. The van der Waals surface area contributed by atoms with Crippen molar-refractivity contribution in [2.75, 3.05) is 26.2 Å². The van der Waals surface area contributed by atoms with E-state index >= 15 is 0 Å². The zero-order chi connectivity index (χ0) is 23.8. The maximum Gasteiger partial charge on any atom is 0.410 e. The Kier molecular flexibility index (Phi) is 5.97. The molecular formula is C26H28N2O5. The van der Waals surface area contributed by atoms with E-state index in [0.717, 1.165) is 5.56 Å². The molecule has 1 saturated heterocycles. The summed E-state index contributed by atoms with van der Waals surface area (Å²) in [5.74, 6) is 0.235. The van der Waals surface area contributed by atoms with Crippen LogP contribution in [-0.4, -0.2) is 53.6 Å². The molecule has 2 heterocycles. The van der Waals surface area contributed by atoms with Gasteiger partial charge in [0, 0.05) is 37.3 Å². The molecule has 1 aliphatic heterocycles. The van der Waals surface area contributed by atoms with Crippen LogP contribution in [0.15, 0.2) is 57.7 Å². The Morgan fingerprint density at radius 2 is 1.55 bits per heavy atom. The Hall–Kier alpha value is -3.61. The number of nitrogens with zero attached hydrogens (tertiary/aromatic N) is 2. The lowest BCUT2D eigenvalue weighted by molar-refractivity contribution is 0.0141. The third-order valence-corrected chi connectivity index (χ3v) is 5.63. The fourth-order valence-corrected chi connectivity index (χ4v) is 3.93. The number of hydrogen-bond acceptors (Lipinski definition) is 5. The van der Waals surface area contributed by atoms with Gasteiger partial charge >= 0.3 is 6.09 Å². The van der Waals surface area contributed by atoms with E-state index in [1.54, 1.807) is 34.9 Å². The first-order valence-electron chi connectivity index (χ1n) is 11.0. The molecule has 3 aromatic rings. The lowest BCUT2D eigenvalue weighted by Crippen LogP contribution is -2.51. The lowest BCUT2D eigenvalue weighted by Gasteiger charge is -2.35. The molecule has 1 aromatic heterocycles. The molecule has 7 heteroatoms. The van der Waals surface area contributed by atoms with Crippen LogP contribution >= 0.6 is 0 Å². The minimum atomic E-state index is -0.570. The van der Waals surface area contributed by atoms with E-state index in [4.69, 9.17) is 9.15 Å². The molecule has 0 bridgehead atoms. The van der Waals surface area contributed by atoms with Crippen LogP contribution in [0.2, 0.25) is 0 Å². The summed E-state index contributed by atoms with van der Waals surface area (Å²) in [6.07, 6.45) is -0.381. The van der Waals surface area contributed by atoms with Gasteiger partial charge in [-0.2, -0.15) is 0 Å². The van der Waals surface area contributed by atoms with Crippen LogP contribution in [0.5, 0.6) is 0 Å². The van der Waals surface area contributed by atoms with Gasteiger partial charge in [-0.25, -0.2) is 4.79 Å². The van der Waals surface area contributed by atoms with Crippen molar-refractivity contribution < 1.29 is 18.7 Å². The molecule has 0 radical (unpaired) electrons. The summed E-state index contributed by atoms with van der Waals surface area (Å²) >= 11 is 0. The highest BCUT2D eigenvalue weighted by Gasteiger charge is 2.29. The molecule has 2 aromatic carbocycles. The molecule has 0 N–H and O–H groups in total. The smallest absolute Gasteiger partial charge is 0.410 e. The summed E-state index contributed by atoms with van der Waals surface area (Å²) in [7, 11) is 0. The van der Waals surface area contributed by atoms with Crippen LogP contribution in [0.3, 0.4) is 0 Å². The molecule has 1 aliphatic rings. The van der Waals surface area contributed by atoms with E-state index in [2.05, 4.69) is 0 Å². The molecule has 0 aliphatic carbocycles. The van der Waals surface area contributed by atoms with E-state index in [1.165, 1.54) is 0 Å². The summed E-state index contributed by atoms with van der Waals surface area (Å²) < 4.78 is 11.6. The molecule has 0 unspecified atom stereocenters. The highest BCUT2D eigenvalue weighted by atomic mass is 16.6. The van der Waals surface area contributed by atoms with Crippen molar-refractivity contribution >= 4 is 23.0 Å². The van der Waals surface area contributed by atoms with E-state index in [-0.39, 0.29) is 23.0 Å². The Morgan fingerprint density at radius 1 is 0.909 bits per heavy atom. The molecule has 172 valence electrons. The second-order valence-corrected chi connectivity index (χ2v) is 9.19. The zero-order valence-electron chi connectivity index (χ0n) is 19.4. The number of piperazine rings is 1. The number of fused-ring (bicyclic) bond motifs is 1. The highest BCUT2D eigenvalue weighted by molar-refractivity contribution is 6.05. The van der Waals surface area contributed by atoms with Crippen LogP contribution in [0.4, 0.5) is 4.79 Å². The average molecular weight is 449 g/mol. The number of benzene rings is 2. The highest BCUT2D eigenvalue weighted by Crippen LogP contribution is 2.28. The van der Waals surface area contributed by atoms with Crippen LogP contribution < -0.4 is 5.43 Å². The van der Waals surface area contributed by atoms with Gasteiger partial charge in [-0.3, -0.25) is 9.59 Å². The first-order chi connectivity index (χ1) is 15.7. The summed E-state index contributed by atoms with van der Waals surface area (Å²) in [5, 5.41) is 0.380. The third-order valence-electron chi connectivity index (χ3n) is 5.63. The molecule has 4 rings (SSSR count). The minimum absolute atomic E-state index is 0.153. The van der Waals surface area contributed by atoms with Crippen molar-refractivity contribution in [1.82, 2.24) is 9.80 Å². The predicted molar refractivity (Wildman–Crippen MR) is 126 cm³/mol. The Balaban J connectivity index is 1.63. The molecule has 1 fully saturated rings. The fraction of sp³-hybridized carbons (Fsp3) is 0.346. The van der Waals surface area contributed by atoms with Crippen molar-refractivity contribution in [3.05, 3.63) is 69.9 Å². The van der Waals surface area contributed by atoms with Gasteiger partial charge in [0.05, 0.1) is 10.9 Å². The van der Waals surface area contributed by atoms with Crippen LogP contribution in [-0.2, 0) is 4.74 Å². The van der Waals surface area contributed by atoms with Crippen molar-refractivity contribution in [2.24, 2.45) is 0 Å². The molecule has 0 saturated carbocycles. The maximum absolute atomic E-state index is 13.4. The van der Waals surface area contributed by atoms with Gasteiger partial charge in [-0.15, -0.1) is 0 Å². The van der Waals surface area contributed by atoms with Crippen molar-refractivity contribution in [2.45, 2.75) is 33.3 Å². The standard InChI is InChI=1S/C26H28N2O5/c1-17-21(29)19-11-8-12-20(23(19)32-22(17)18-9-6-5-7-10-18)24(30)27-13-15-28(16-14-27)25(31)33-26(2,3)4/h5-12H,13-16H2,1-4H3. The topological polar surface area (TPSA) is 80.1 Å². The normalized spacial score (nSPS) is 14.4. The monoisotopic (exact) mass is 448 g/mol. The first-order valence-corrected chi connectivity index (χ1v) is 11.0. The van der Waals surface area contributed by atoms with E-state index in [0.29, 0.717) is 48.5 Å². The lowest BCUT2D eigenvalue weighted by atomic mass is 10.0. The first kappa shape index (κ1) is 22.6. The molecular weight excluding hydrogens is 420 g/mol. The van der Waals surface area contributed by atoms with Gasteiger partial charge in [0.2, 0.25) is 0 Å². The number of rotatable bonds is 2. The van der Waals surface area contributed by atoms with Gasteiger partial charge in [0.25, 0.3) is 5.91 Å². The number of amides is 2. The van der Waals surface area contributed by atoms with Crippen LogP contribution in [0.1, 0.15) is 36.7 Å². The van der Waals surface area contributed by atoms with Gasteiger partial charge in [-0.05, 0) is 39.8 Å². The maximum atomic E-state index is 13.4. The third kappa shape index (κ3) is 4.62. The van der Waals surface area contributed by atoms with Crippen molar-refractivity contribution in [1.29, 1.82) is 0 Å². The van der Waals surface area contributed by atoms with Gasteiger partial charge < -0.3 is 19.0 Å². The van der Waals surface area contributed by atoms with Gasteiger partial charge in [-0.1, -0.05) is 36.4 Å². The minimum Gasteiger partial charge on any atom is -0.455 e. The van der Waals surface area contributed by atoms with Crippen molar-refractivity contribution in [3.8, 4) is 11.3 Å². The number of hydrogen-bond donors (Lipinski definition) is 0. The predicted octanol–water partition coefficient (Wildman–Crippen LogP) is 4.46. The van der Waals surface area contributed by atoms with E-state index in [9.17, 15) is 14.4 Å². The quantitative estimate of drug-likeness (QED) is 0.578. The molecule has 7 nitrogen and oxygen atoms in total. The summed E-state index contributed by atoms with van der Waals surface area (Å²) in [6.45, 7) is 8.71. The molecule has 0 atom stereocenters. The van der Waals surface area contributed by atoms with E-state index < -0.39 is 5.60 Å². The van der Waals surface area contributed by atoms with Crippen LogP contribution in [0.25, 0.3) is 22.3 Å². The number of ether oxygens (including phenoxy) is 1. The number of para-hydroxylation sites is 1. The average Bonchev–Trinajstić information content (AvgIpc) is 2.80. The van der Waals surface area contributed by atoms with Crippen molar-refractivity contribution in [3.63, 3.8) is 0 Å². The Bertz CT molecular complexity index is 1250. The molecule has 0 spiro atoms. The number of carbonyl (C=O) groups excluding carboxylic acids is 2. The van der Waals surface area contributed by atoms with Gasteiger partial charge in [0.15, 0.2) is 11.0 Å². The SMILES string of the molecule is Cc1c(-c2ccccc2)oc2c(C(=O)N3CCN(C(=O)OC(C)(C)C)CC3)cccc2c1=O. The largest absolute Gasteiger partial charge is 0.455 e. The summed E-state index contributed by atoms with van der Waals surface area (Å²) in [5.41, 5.74) is 1.18. The second kappa shape index (κ2) is 8.73. The molecule has 33 heavy (non-hydrogen) atoms. The van der Waals surface area contributed by atoms with Gasteiger partial charge in [0.1, 0.15) is 11.4 Å². The number of carbonyl (C=O) groups is 2. The molecule has 2 amide bonds. The van der Waals surface area contributed by atoms with E-state index in [1.807, 2.05) is 51.1 Å². The summed E-state index contributed by atoms with van der Waals surface area (Å²) in [4.78, 5) is 42.1.